The molecule has 0 aliphatic heterocycles. The standard InChI is InChI=1S/C13H17BrF2N2O/c1-3-6-18(8-12(19)17-2)7-9-11(15)5-4-10(14)13(9)16/h4-5H,3,6-8H2,1-2H3,(H,17,19). The maximum atomic E-state index is 13.9. The summed E-state index contributed by atoms with van der Waals surface area (Å²) in [6.45, 7) is 2.73. The zero-order chi connectivity index (χ0) is 14.4. The van der Waals surface area contributed by atoms with Gasteiger partial charge in [0.2, 0.25) is 5.91 Å². The zero-order valence-corrected chi connectivity index (χ0v) is 12.6. The van der Waals surface area contributed by atoms with Crippen molar-refractivity contribution in [3.05, 3.63) is 33.8 Å². The van der Waals surface area contributed by atoms with Gasteiger partial charge in [-0.3, -0.25) is 9.69 Å². The number of rotatable bonds is 6. The van der Waals surface area contributed by atoms with Gasteiger partial charge in [0.15, 0.2) is 0 Å². The van der Waals surface area contributed by atoms with Crippen LogP contribution in [0.2, 0.25) is 0 Å². The molecule has 0 unspecified atom stereocenters. The zero-order valence-electron chi connectivity index (χ0n) is 11.0. The maximum absolute atomic E-state index is 13.9. The number of hydrogen-bond donors (Lipinski definition) is 1. The Labute approximate surface area is 120 Å². The minimum Gasteiger partial charge on any atom is -0.358 e. The number of hydrogen-bond acceptors (Lipinski definition) is 2. The third-order valence-electron chi connectivity index (χ3n) is 2.71. The molecule has 0 saturated heterocycles. The van der Waals surface area contributed by atoms with Crippen LogP contribution in [-0.2, 0) is 11.3 Å². The van der Waals surface area contributed by atoms with Crippen LogP contribution >= 0.6 is 15.9 Å². The number of nitrogens with one attached hydrogen (secondary N) is 1. The van der Waals surface area contributed by atoms with Gasteiger partial charge in [-0.1, -0.05) is 6.92 Å². The Morgan fingerprint density at radius 1 is 1.42 bits per heavy atom. The van der Waals surface area contributed by atoms with Gasteiger partial charge in [-0.05, 0) is 41.0 Å². The van der Waals surface area contributed by atoms with Crippen LogP contribution in [0.1, 0.15) is 18.9 Å². The fraction of sp³-hybridized carbons (Fsp3) is 0.462. The molecule has 0 aromatic heterocycles. The maximum Gasteiger partial charge on any atom is 0.233 e. The van der Waals surface area contributed by atoms with Gasteiger partial charge in [-0.2, -0.15) is 0 Å². The fourth-order valence-corrected chi connectivity index (χ4v) is 2.12. The molecular weight excluding hydrogens is 318 g/mol. The highest BCUT2D eigenvalue weighted by atomic mass is 79.9. The van der Waals surface area contributed by atoms with Gasteiger partial charge in [-0.15, -0.1) is 0 Å². The van der Waals surface area contributed by atoms with Gasteiger partial charge in [0.05, 0.1) is 11.0 Å². The van der Waals surface area contributed by atoms with E-state index in [0.717, 1.165) is 6.42 Å². The summed E-state index contributed by atoms with van der Waals surface area (Å²) in [5.74, 6) is -1.39. The number of likely N-dealkylation sites (N-methyl/N-ethyl adjacent to an activating group) is 1. The van der Waals surface area contributed by atoms with Gasteiger partial charge in [0, 0.05) is 19.2 Å². The molecule has 1 amide bonds. The molecule has 0 aliphatic rings. The average Bonchev–Trinajstić information content (AvgIpc) is 2.39. The van der Waals surface area contributed by atoms with Crippen molar-refractivity contribution < 1.29 is 13.6 Å². The lowest BCUT2D eigenvalue weighted by Gasteiger charge is -2.21. The lowest BCUT2D eigenvalue weighted by molar-refractivity contribution is -0.121. The van der Waals surface area contributed by atoms with Crippen molar-refractivity contribution in [3.63, 3.8) is 0 Å². The Balaban J connectivity index is 2.90. The highest BCUT2D eigenvalue weighted by Gasteiger charge is 2.17. The molecule has 6 heteroatoms. The molecule has 0 radical (unpaired) electrons. The molecule has 0 aliphatic carbocycles. The number of amides is 1. The third-order valence-corrected chi connectivity index (χ3v) is 3.32. The Hall–Kier alpha value is -1.01. The van der Waals surface area contributed by atoms with Crippen LogP contribution < -0.4 is 5.32 Å². The number of carbonyl (C=O) groups is 1. The van der Waals surface area contributed by atoms with Gasteiger partial charge < -0.3 is 5.32 Å². The molecule has 1 aromatic carbocycles. The van der Waals surface area contributed by atoms with Crippen molar-refractivity contribution >= 4 is 21.8 Å². The van der Waals surface area contributed by atoms with E-state index >= 15 is 0 Å². The van der Waals surface area contributed by atoms with Gasteiger partial charge in [0.1, 0.15) is 11.6 Å². The van der Waals surface area contributed by atoms with Crippen molar-refractivity contribution in [3.8, 4) is 0 Å². The Morgan fingerprint density at radius 2 is 2.11 bits per heavy atom. The van der Waals surface area contributed by atoms with Crippen molar-refractivity contribution in [2.24, 2.45) is 0 Å². The fourth-order valence-electron chi connectivity index (χ4n) is 1.75. The van der Waals surface area contributed by atoms with E-state index in [1.54, 1.807) is 4.90 Å². The largest absolute Gasteiger partial charge is 0.358 e. The third kappa shape index (κ3) is 4.54. The molecule has 0 saturated carbocycles. The van der Waals surface area contributed by atoms with E-state index < -0.39 is 11.6 Å². The lowest BCUT2D eigenvalue weighted by Crippen LogP contribution is -2.36. The average molecular weight is 335 g/mol. The van der Waals surface area contributed by atoms with E-state index in [4.69, 9.17) is 0 Å². The minimum atomic E-state index is -0.613. The van der Waals surface area contributed by atoms with E-state index in [1.165, 1.54) is 19.2 Å². The predicted molar refractivity (Wildman–Crippen MR) is 73.7 cm³/mol. The first-order valence-electron chi connectivity index (χ1n) is 6.04. The van der Waals surface area contributed by atoms with Crippen LogP contribution in [0.25, 0.3) is 0 Å². The summed E-state index contributed by atoms with van der Waals surface area (Å²) in [6, 6.07) is 2.55. The van der Waals surface area contributed by atoms with E-state index in [0.29, 0.717) is 6.54 Å². The number of halogens is 3. The SMILES string of the molecule is CCCN(CC(=O)NC)Cc1c(F)ccc(Br)c1F. The second-order valence-corrected chi connectivity index (χ2v) is 5.06. The van der Waals surface area contributed by atoms with E-state index in [-0.39, 0.29) is 29.0 Å². The summed E-state index contributed by atoms with van der Waals surface area (Å²) >= 11 is 3.03. The first kappa shape index (κ1) is 16.0. The lowest BCUT2D eigenvalue weighted by atomic mass is 10.1. The molecule has 19 heavy (non-hydrogen) atoms. The molecule has 0 bridgehead atoms. The van der Waals surface area contributed by atoms with Crippen molar-refractivity contribution in [2.45, 2.75) is 19.9 Å². The Kier molecular flexibility index (Phi) is 6.37. The molecule has 1 aromatic rings. The number of carbonyl (C=O) groups excluding carboxylic acids is 1. The molecule has 0 heterocycles. The van der Waals surface area contributed by atoms with Crippen molar-refractivity contribution in [1.82, 2.24) is 10.2 Å². The Bertz CT molecular complexity index is 455. The summed E-state index contributed by atoms with van der Waals surface area (Å²) in [5, 5.41) is 2.50. The molecular formula is C13H17BrF2N2O. The van der Waals surface area contributed by atoms with Crippen LogP contribution in [0.3, 0.4) is 0 Å². The molecule has 1 rings (SSSR count). The first-order valence-corrected chi connectivity index (χ1v) is 6.84. The van der Waals surface area contributed by atoms with Crippen molar-refractivity contribution in [1.29, 1.82) is 0 Å². The van der Waals surface area contributed by atoms with Crippen molar-refractivity contribution in [2.75, 3.05) is 20.1 Å². The summed E-state index contributed by atoms with van der Waals surface area (Å²) in [7, 11) is 1.53. The van der Waals surface area contributed by atoms with Crippen LogP contribution in [0.5, 0.6) is 0 Å². The van der Waals surface area contributed by atoms with Crippen LogP contribution in [0.15, 0.2) is 16.6 Å². The van der Waals surface area contributed by atoms with Crippen LogP contribution in [0.4, 0.5) is 8.78 Å². The Morgan fingerprint density at radius 3 is 2.68 bits per heavy atom. The van der Waals surface area contributed by atoms with Gasteiger partial charge in [-0.25, -0.2) is 8.78 Å². The number of benzene rings is 1. The quantitative estimate of drug-likeness (QED) is 0.811. The first-order chi connectivity index (χ1) is 8.99. The highest BCUT2D eigenvalue weighted by molar-refractivity contribution is 9.10. The minimum absolute atomic E-state index is 0.0215. The second kappa shape index (κ2) is 7.55. The molecule has 3 nitrogen and oxygen atoms in total. The van der Waals surface area contributed by atoms with Gasteiger partial charge in [0.25, 0.3) is 0 Å². The van der Waals surface area contributed by atoms with Gasteiger partial charge >= 0.3 is 0 Å². The van der Waals surface area contributed by atoms with E-state index in [1.807, 2.05) is 6.92 Å². The molecule has 0 fully saturated rings. The smallest absolute Gasteiger partial charge is 0.233 e. The molecule has 1 N–H and O–H groups in total. The number of nitrogens with zero attached hydrogens (tertiary/aromatic N) is 1. The summed E-state index contributed by atoms with van der Waals surface area (Å²) in [5.41, 5.74) is -0.0215. The summed E-state index contributed by atoms with van der Waals surface area (Å²) in [6.07, 6.45) is 0.800. The monoisotopic (exact) mass is 334 g/mol. The summed E-state index contributed by atoms with van der Waals surface area (Å²) in [4.78, 5) is 13.1. The second-order valence-electron chi connectivity index (χ2n) is 4.21. The van der Waals surface area contributed by atoms with E-state index in [9.17, 15) is 13.6 Å². The normalized spacial score (nSPS) is 10.8. The van der Waals surface area contributed by atoms with E-state index in [2.05, 4.69) is 21.2 Å². The molecule has 0 atom stereocenters. The highest BCUT2D eigenvalue weighted by Crippen LogP contribution is 2.22. The van der Waals surface area contributed by atoms with Crippen LogP contribution in [-0.4, -0.2) is 30.9 Å². The molecule has 0 spiro atoms. The van der Waals surface area contributed by atoms with Crippen LogP contribution in [0, 0.1) is 11.6 Å². The topological polar surface area (TPSA) is 32.3 Å². The predicted octanol–water partition coefficient (Wildman–Crippen LogP) is 2.69. The molecule has 106 valence electrons. The summed E-state index contributed by atoms with van der Waals surface area (Å²) < 4.78 is 27.8.